The second kappa shape index (κ2) is 7.51. The van der Waals surface area contributed by atoms with E-state index in [0.717, 1.165) is 38.7 Å². The third-order valence-corrected chi connectivity index (χ3v) is 2.57. The molecule has 0 aromatic carbocycles. The van der Waals surface area contributed by atoms with E-state index in [-0.39, 0.29) is 0 Å². The molecule has 1 heterocycles. The van der Waals surface area contributed by atoms with Crippen molar-refractivity contribution >= 4 is 12.6 Å². The van der Waals surface area contributed by atoms with Crippen molar-refractivity contribution in [3.63, 3.8) is 0 Å². The van der Waals surface area contributed by atoms with E-state index in [0.29, 0.717) is 6.10 Å². The molecule has 0 aromatic heterocycles. The van der Waals surface area contributed by atoms with Gasteiger partial charge in [0.15, 0.2) is 0 Å². The Balaban J connectivity index is 1.95. The van der Waals surface area contributed by atoms with Crippen LogP contribution in [0.1, 0.15) is 12.8 Å². The van der Waals surface area contributed by atoms with Crippen molar-refractivity contribution in [2.24, 2.45) is 0 Å². The highest BCUT2D eigenvalue weighted by molar-refractivity contribution is 7.80. The van der Waals surface area contributed by atoms with Gasteiger partial charge in [-0.1, -0.05) is 0 Å². The molecular weight excluding hydrogens is 198 g/mol. The van der Waals surface area contributed by atoms with Crippen molar-refractivity contribution in [3.05, 3.63) is 0 Å². The number of hydrogen-bond acceptors (Lipinski definition) is 4. The maximum Gasteiger partial charge on any atom is 0.0702 e. The van der Waals surface area contributed by atoms with Gasteiger partial charge in [0, 0.05) is 25.4 Å². The first-order valence-corrected chi connectivity index (χ1v) is 5.95. The second-order valence-corrected chi connectivity index (χ2v) is 4.18. The summed E-state index contributed by atoms with van der Waals surface area (Å²) < 4.78 is 10.9. The number of likely N-dealkylation sites (N-methyl/N-ethyl adjacent to an activating group) is 1. The van der Waals surface area contributed by atoms with Crippen molar-refractivity contribution in [1.82, 2.24) is 4.90 Å². The quantitative estimate of drug-likeness (QED) is 0.511. The van der Waals surface area contributed by atoms with Gasteiger partial charge in [0.25, 0.3) is 0 Å². The molecule has 3 nitrogen and oxygen atoms in total. The van der Waals surface area contributed by atoms with Gasteiger partial charge in [0.1, 0.15) is 0 Å². The largest absolute Gasteiger partial charge is 0.379 e. The molecule has 1 unspecified atom stereocenters. The summed E-state index contributed by atoms with van der Waals surface area (Å²) in [5.41, 5.74) is 0. The van der Waals surface area contributed by atoms with E-state index in [1.165, 1.54) is 12.8 Å². The normalized spacial score (nSPS) is 22.1. The van der Waals surface area contributed by atoms with Gasteiger partial charge < -0.3 is 14.4 Å². The number of ether oxygens (including phenoxy) is 2. The first kappa shape index (κ1) is 12.3. The van der Waals surface area contributed by atoms with Crippen molar-refractivity contribution < 1.29 is 9.47 Å². The molecule has 1 aliphatic heterocycles. The minimum Gasteiger partial charge on any atom is -0.379 e. The molecule has 0 aromatic rings. The molecule has 84 valence electrons. The van der Waals surface area contributed by atoms with Crippen molar-refractivity contribution in [1.29, 1.82) is 0 Å². The Morgan fingerprint density at radius 3 is 3.00 bits per heavy atom. The summed E-state index contributed by atoms with van der Waals surface area (Å²) in [5, 5.41) is 0. The zero-order valence-corrected chi connectivity index (χ0v) is 9.84. The minimum atomic E-state index is 0.449. The maximum absolute atomic E-state index is 5.56. The van der Waals surface area contributed by atoms with Crippen molar-refractivity contribution in [2.75, 3.05) is 45.7 Å². The molecule has 0 aliphatic carbocycles. The number of rotatable bonds is 7. The zero-order valence-electron chi connectivity index (χ0n) is 8.95. The standard InChI is InChI=1S/C10H21NO2S/c1-11(4-6-12-7-8-14)9-10-3-2-5-13-10/h10,14H,2-9H2,1H3. The lowest BCUT2D eigenvalue weighted by Crippen LogP contribution is -2.31. The predicted molar refractivity (Wildman–Crippen MR) is 61.1 cm³/mol. The summed E-state index contributed by atoms with van der Waals surface area (Å²) in [7, 11) is 2.12. The lowest BCUT2D eigenvalue weighted by molar-refractivity contribution is 0.0659. The molecule has 1 fully saturated rings. The fourth-order valence-corrected chi connectivity index (χ4v) is 1.74. The average Bonchev–Trinajstić information content (AvgIpc) is 2.65. The zero-order chi connectivity index (χ0) is 10.2. The van der Waals surface area contributed by atoms with Crippen LogP contribution in [-0.4, -0.2) is 56.7 Å². The van der Waals surface area contributed by atoms with Crippen LogP contribution in [0.2, 0.25) is 0 Å². The van der Waals surface area contributed by atoms with Crippen LogP contribution >= 0.6 is 12.6 Å². The molecule has 0 spiro atoms. The third kappa shape index (κ3) is 5.20. The highest BCUT2D eigenvalue weighted by atomic mass is 32.1. The average molecular weight is 219 g/mol. The van der Waals surface area contributed by atoms with Crippen LogP contribution in [0.25, 0.3) is 0 Å². The Bertz CT molecular complexity index is 140. The van der Waals surface area contributed by atoms with Gasteiger partial charge in [-0.05, 0) is 19.9 Å². The summed E-state index contributed by atoms with van der Waals surface area (Å²) in [6.07, 6.45) is 2.88. The van der Waals surface area contributed by atoms with Crippen molar-refractivity contribution in [2.45, 2.75) is 18.9 Å². The summed E-state index contributed by atoms with van der Waals surface area (Å²) in [6, 6.07) is 0. The fraction of sp³-hybridized carbons (Fsp3) is 1.00. The molecule has 0 saturated carbocycles. The third-order valence-electron chi connectivity index (χ3n) is 2.39. The van der Waals surface area contributed by atoms with Gasteiger partial charge in [0.05, 0.1) is 19.3 Å². The number of hydrogen-bond donors (Lipinski definition) is 1. The first-order chi connectivity index (χ1) is 6.83. The molecule has 0 bridgehead atoms. The Kier molecular flexibility index (Phi) is 6.60. The number of nitrogens with zero attached hydrogens (tertiary/aromatic N) is 1. The van der Waals surface area contributed by atoms with Crippen LogP contribution in [-0.2, 0) is 9.47 Å². The molecule has 4 heteroatoms. The van der Waals surface area contributed by atoms with E-state index in [1.807, 2.05) is 0 Å². The van der Waals surface area contributed by atoms with E-state index >= 15 is 0 Å². The van der Waals surface area contributed by atoms with Gasteiger partial charge in [-0.15, -0.1) is 0 Å². The summed E-state index contributed by atoms with van der Waals surface area (Å²) in [6.45, 7) is 4.49. The summed E-state index contributed by atoms with van der Waals surface area (Å²) >= 11 is 4.08. The van der Waals surface area contributed by atoms with E-state index in [4.69, 9.17) is 9.47 Å². The lowest BCUT2D eigenvalue weighted by atomic mass is 10.2. The van der Waals surface area contributed by atoms with Crippen LogP contribution < -0.4 is 0 Å². The lowest BCUT2D eigenvalue weighted by Gasteiger charge is -2.20. The molecule has 1 rings (SSSR count). The Hall–Kier alpha value is 0.230. The second-order valence-electron chi connectivity index (χ2n) is 3.73. The van der Waals surface area contributed by atoms with Gasteiger partial charge in [0.2, 0.25) is 0 Å². The molecule has 1 aliphatic rings. The highest BCUT2D eigenvalue weighted by Gasteiger charge is 2.16. The summed E-state index contributed by atoms with van der Waals surface area (Å²) in [5.74, 6) is 0.801. The maximum atomic E-state index is 5.56. The van der Waals surface area contributed by atoms with E-state index in [9.17, 15) is 0 Å². The Labute approximate surface area is 92.2 Å². The fourth-order valence-electron chi connectivity index (χ4n) is 1.61. The highest BCUT2D eigenvalue weighted by Crippen LogP contribution is 2.12. The molecule has 0 radical (unpaired) electrons. The van der Waals surface area contributed by atoms with Crippen LogP contribution in [0.3, 0.4) is 0 Å². The topological polar surface area (TPSA) is 21.7 Å². The monoisotopic (exact) mass is 219 g/mol. The van der Waals surface area contributed by atoms with E-state index in [1.54, 1.807) is 0 Å². The van der Waals surface area contributed by atoms with Crippen LogP contribution in [0.15, 0.2) is 0 Å². The SMILES string of the molecule is CN(CCOCCS)CC1CCCO1. The van der Waals surface area contributed by atoms with Gasteiger partial charge in [-0.2, -0.15) is 12.6 Å². The molecule has 1 atom stereocenters. The predicted octanol–water partition coefficient (Wildman–Crippen LogP) is 1.04. The Morgan fingerprint density at radius 2 is 2.36 bits per heavy atom. The van der Waals surface area contributed by atoms with Gasteiger partial charge in [-0.25, -0.2) is 0 Å². The molecular formula is C10H21NO2S. The van der Waals surface area contributed by atoms with Crippen LogP contribution in [0.5, 0.6) is 0 Å². The van der Waals surface area contributed by atoms with Crippen LogP contribution in [0, 0.1) is 0 Å². The first-order valence-electron chi connectivity index (χ1n) is 5.31. The smallest absolute Gasteiger partial charge is 0.0702 e. The Morgan fingerprint density at radius 1 is 1.50 bits per heavy atom. The summed E-state index contributed by atoms with van der Waals surface area (Å²) in [4.78, 5) is 2.27. The van der Waals surface area contributed by atoms with Gasteiger partial charge in [-0.3, -0.25) is 0 Å². The molecule has 1 saturated heterocycles. The molecule has 0 N–H and O–H groups in total. The van der Waals surface area contributed by atoms with Crippen molar-refractivity contribution in [3.8, 4) is 0 Å². The van der Waals surface area contributed by atoms with E-state index < -0.39 is 0 Å². The molecule has 0 amide bonds. The van der Waals surface area contributed by atoms with E-state index in [2.05, 4.69) is 24.6 Å². The number of thiol groups is 1. The molecule has 14 heavy (non-hydrogen) atoms. The van der Waals surface area contributed by atoms with Gasteiger partial charge >= 0.3 is 0 Å². The minimum absolute atomic E-state index is 0.449. The van der Waals surface area contributed by atoms with Crippen LogP contribution in [0.4, 0.5) is 0 Å².